The number of para-hydroxylation sites is 1. The van der Waals surface area contributed by atoms with E-state index in [1.165, 1.54) is 0 Å². The van der Waals surface area contributed by atoms with Crippen LogP contribution in [0.2, 0.25) is 0 Å². The average molecular weight is 294 g/mol. The van der Waals surface area contributed by atoms with Crippen molar-refractivity contribution in [1.82, 2.24) is 5.01 Å². The number of benzene rings is 1. The van der Waals surface area contributed by atoms with Crippen LogP contribution >= 0.6 is 0 Å². The third-order valence-corrected chi connectivity index (χ3v) is 3.89. The number of fused-ring (bicyclic) bond motifs is 2. The summed E-state index contributed by atoms with van der Waals surface area (Å²) in [6, 6.07) is 7.52. The first-order chi connectivity index (χ1) is 10.8. The smallest absolute Gasteiger partial charge is 0.299 e. The van der Waals surface area contributed by atoms with Crippen molar-refractivity contribution in [2.45, 2.75) is 19.3 Å². The van der Waals surface area contributed by atoms with Crippen molar-refractivity contribution in [3.8, 4) is 5.75 Å². The third-order valence-electron chi connectivity index (χ3n) is 3.89. The SMILES string of the molecule is COc1ccccc1C=C1C(=O)N=C2N=C3CCCC3=NN12. The number of ether oxygens (including phenoxy) is 1. The van der Waals surface area contributed by atoms with Gasteiger partial charge >= 0.3 is 0 Å². The molecule has 2 aliphatic heterocycles. The lowest BCUT2D eigenvalue weighted by Gasteiger charge is -2.18. The summed E-state index contributed by atoms with van der Waals surface area (Å²) in [6.45, 7) is 0. The van der Waals surface area contributed by atoms with Gasteiger partial charge in [0.1, 0.15) is 11.4 Å². The number of hydrogen-bond acceptors (Lipinski definition) is 5. The van der Waals surface area contributed by atoms with Crippen LogP contribution in [-0.4, -0.2) is 35.4 Å². The molecule has 0 radical (unpaired) electrons. The Bertz CT molecular complexity index is 789. The number of rotatable bonds is 2. The summed E-state index contributed by atoms with van der Waals surface area (Å²) in [6.07, 6.45) is 4.61. The fraction of sp³-hybridized carbons (Fsp3) is 0.250. The second-order valence-electron chi connectivity index (χ2n) is 5.26. The van der Waals surface area contributed by atoms with Gasteiger partial charge in [0.25, 0.3) is 11.9 Å². The van der Waals surface area contributed by atoms with Crippen molar-refractivity contribution < 1.29 is 9.53 Å². The van der Waals surface area contributed by atoms with Crippen molar-refractivity contribution >= 4 is 29.4 Å². The van der Waals surface area contributed by atoms with E-state index in [4.69, 9.17) is 4.74 Å². The van der Waals surface area contributed by atoms with Crippen LogP contribution in [0.4, 0.5) is 0 Å². The maximum Gasteiger partial charge on any atom is 0.299 e. The zero-order valence-electron chi connectivity index (χ0n) is 12.1. The van der Waals surface area contributed by atoms with Crippen LogP contribution in [-0.2, 0) is 4.79 Å². The van der Waals surface area contributed by atoms with E-state index in [2.05, 4.69) is 15.1 Å². The number of nitrogens with zero attached hydrogens (tertiary/aromatic N) is 4. The van der Waals surface area contributed by atoms with Gasteiger partial charge in [-0.05, 0) is 31.4 Å². The number of methoxy groups -OCH3 is 1. The molecule has 0 bridgehead atoms. The largest absolute Gasteiger partial charge is 0.496 e. The molecule has 0 saturated heterocycles. The van der Waals surface area contributed by atoms with Crippen LogP contribution in [0.25, 0.3) is 6.08 Å². The monoisotopic (exact) mass is 294 g/mol. The Hall–Kier alpha value is -2.76. The molecule has 6 heteroatoms. The van der Waals surface area contributed by atoms with Crippen LogP contribution in [0.3, 0.4) is 0 Å². The minimum Gasteiger partial charge on any atom is -0.496 e. The maximum atomic E-state index is 12.2. The molecule has 1 saturated carbocycles. The topological polar surface area (TPSA) is 66.6 Å². The van der Waals surface area contributed by atoms with Crippen molar-refractivity contribution in [2.75, 3.05) is 7.11 Å². The fourth-order valence-corrected chi connectivity index (χ4v) is 2.80. The third kappa shape index (κ3) is 1.95. The first kappa shape index (κ1) is 12.9. The minimum absolute atomic E-state index is 0.324. The molecule has 0 atom stereocenters. The Balaban J connectivity index is 1.76. The number of aliphatic imine (C=N–C) groups is 2. The Morgan fingerprint density at radius 3 is 2.86 bits per heavy atom. The highest BCUT2D eigenvalue weighted by molar-refractivity contribution is 6.46. The molecular weight excluding hydrogens is 280 g/mol. The van der Waals surface area contributed by atoms with Crippen molar-refractivity contribution in [3.63, 3.8) is 0 Å². The molecule has 1 amide bonds. The van der Waals surface area contributed by atoms with Crippen LogP contribution in [0.5, 0.6) is 5.75 Å². The van der Waals surface area contributed by atoms with Gasteiger partial charge in [-0.1, -0.05) is 18.2 Å². The van der Waals surface area contributed by atoms with Gasteiger partial charge in [0.2, 0.25) is 0 Å². The molecule has 110 valence electrons. The van der Waals surface area contributed by atoms with Gasteiger partial charge in [0.15, 0.2) is 0 Å². The number of amides is 1. The van der Waals surface area contributed by atoms with E-state index >= 15 is 0 Å². The second kappa shape index (κ2) is 4.91. The highest BCUT2D eigenvalue weighted by Gasteiger charge is 2.35. The number of carbonyl (C=O) groups is 1. The van der Waals surface area contributed by atoms with Gasteiger partial charge in [-0.3, -0.25) is 4.79 Å². The van der Waals surface area contributed by atoms with Gasteiger partial charge in [-0.25, -0.2) is 4.99 Å². The zero-order valence-corrected chi connectivity index (χ0v) is 12.1. The summed E-state index contributed by atoms with van der Waals surface area (Å²) in [5.74, 6) is 0.743. The Morgan fingerprint density at radius 1 is 1.18 bits per heavy atom. The van der Waals surface area contributed by atoms with E-state index < -0.39 is 0 Å². The molecule has 0 spiro atoms. The van der Waals surface area contributed by atoms with Crippen LogP contribution in [0, 0.1) is 0 Å². The molecule has 22 heavy (non-hydrogen) atoms. The summed E-state index contributed by atoms with van der Waals surface area (Å²) in [5, 5.41) is 6.09. The van der Waals surface area contributed by atoms with Gasteiger partial charge in [0, 0.05) is 5.56 Å². The molecular formula is C16H14N4O2. The molecule has 3 aliphatic rings. The average Bonchev–Trinajstić information content (AvgIpc) is 3.10. The lowest BCUT2D eigenvalue weighted by atomic mass is 10.1. The number of guanidine groups is 1. The molecule has 6 nitrogen and oxygen atoms in total. The Morgan fingerprint density at radius 2 is 2.00 bits per heavy atom. The first-order valence-corrected chi connectivity index (χ1v) is 7.19. The number of carbonyl (C=O) groups excluding carboxylic acids is 1. The van der Waals surface area contributed by atoms with E-state index in [0.29, 0.717) is 17.4 Å². The lowest BCUT2D eigenvalue weighted by molar-refractivity contribution is -0.114. The molecule has 1 aliphatic carbocycles. The van der Waals surface area contributed by atoms with Crippen molar-refractivity contribution in [3.05, 3.63) is 35.5 Å². The standard InChI is InChI=1S/C16H14N4O2/c1-22-14-8-3-2-5-10(14)9-13-15(21)18-16-17-11-6-4-7-12(11)19-20(13)16/h2-3,5,8-9H,4,6-7H2,1H3. The van der Waals surface area contributed by atoms with Crippen molar-refractivity contribution in [1.29, 1.82) is 0 Å². The first-order valence-electron chi connectivity index (χ1n) is 7.19. The summed E-state index contributed by atoms with van der Waals surface area (Å²) in [4.78, 5) is 20.7. The maximum absolute atomic E-state index is 12.2. The molecule has 1 aromatic carbocycles. The fourth-order valence-electron chi connectivity index (χ4n) is 2.80. The predicted molar refractivity (Wildman–Crippen MR) is 84.0 cm³/mol. The van der Waals surface area contributed by atoms with Crippen LogP contribution < -0.4 is 4.74 Å². The van der Waals surface area contributed by atoms with E-state index in [9.17, 15) is 4.79 Å². The molecule has 1 aromatic rings. The molecule has 0 unspecified atom stereocenters. The Labute approximate surface area is 127 Å². The van der Waals surface area contributed by atoms with Gasteiger partial charge in [0.05, 0.1) is 18.5 Å². The molecule has 4 rings (SSSR count). The summed E-state index contributed by atoms with van der Waals surface area (Å²) < 4.78 is 5.32. The van der Waals surface area contributed by atoms with Crippen molar-refractivity contribution in [2.24, 2.45) is 15.1 Å². The van der Waals surface area contributed by atoms with Crippen LogP contribution in [0.15, 0.2) is 45.0 Å². The molecule has 1 fully saturated rings. The van der Waals surface area contributed by atoms with E-state index in [-0.39, 0.29) is 5.91 Å². The summed E-state index contributed by atoms with van der Waals surface area (Å²) >= 11 is 0. The number of hydrogen-bond donors (Lipinski definition) is 0. The van der Waals surface area contributed by atoms with E-state index in [0.717, 1.165) is 36.2 Å². The van der Waals surface area contributed by atoms with E-state index in [1.54, 1.807) is 18.2 Å². The second-order valence-corrected chi connectivity index (χ2v) is 5.26. The molecule has 0 N–H and O–H groups in total. The lowest BCUT2D eigenvalue weighted by Crippen LogP contribution is -2.28. The molecule has 0 aromatic heterocycles. The highest BCUT2D eigenvalue weighted by Crippen LogP contribution is 2.29. The molecule has 2 heterocycles. The summed E-state index contributed by atoms with van der Waals surface area (Å²) in [7, 11) is 1.60. The normalized spacial score (nSPS) is 21.3. The van der Waals surface area contributed by atoms with Gasteiger partial charge in [-0.15, -0.1) is 0 Å². The van der Waals surface area contributed by atoms with E-state index in [1.807, 2.05) is 24.3 Å². The van der Waals surface area contributed by atoms with Crippen LogP contribution in [0.1, 0.15) is 24.8 Å². The van der Waals surface area contributed by atoms with Gasteiger partial charge < -0.3 is 4.74 Å². The Kier molecular flexibility index (Phi) is 2.89. The zero-order chi connectivity index (χ0) is 15.1. The van der Waals surface area contributed by atoms with Gasteiger partial charge in [-0.2, -0.15) is 15.1 Å². The minimum atomic E-state index is -0.324. The predicted octanol–water partition coefficient (Wildman–Crippen LogP) is 2.23. The quantitative estimate of drug-likeness (QED) is 0.786. The summed E-state index contributed by atoms with van der Waals surface area (Å²) in [5.41, 5.74) is 3.13. The highest BCUT2D eigenvalue weighted by atomic mass is 16.5. The number of hydrazone groups is 1.